The van der Waals surface area contributed by atoms with Gasteiger partial charge in [-0.25, -0.2) is 8.78 Å². The first-order chi connectivity index (χ1) is 14.5. The van der Waals surface area contributed by atoms with Crippen LogP contribution in [0.4, 0.5) is 8.78 Å². The van der Waals surface area contributed by atoms with Crippen molar-refractivity contribution < 1.29 is 8.78 Å². The maximum Gasteiger partial charge on any atom is 0.264 e. The molecule has 0 saturated carbocycles. The Morgan fingerprint density at radius 3 is 2.29 bits per heavy atom. The standard InChI is InChI=1S/C14H16F2.C13H16.C2H4/c1-10(2)13-6-5-12(9-11(13)3)7-8-14(4,15)16;1-9-4-7-12-10(2)5-6-11(3)13(12)8-9;1-2/h5-9H,1H2,2-4H3;4,7-8,10H,3,5-6H2,1-2H3;1-2H2/b8-7+;;. The molecule has 0 heterocycles. The number of halogens is 2. The number of fused-ring (bicyclic) bond motifs is 1. The first kappa shape index (κ1) is 26.3. The molecule has 0 nitrogen and oxygen atoms in total. The van der Waals surface area contributed by atoms with Gasteiger partial charge in [0.05, 0.1) is 0 Å². The molecule has 0 aromatic heterocycles. The lowest BCUT2D eigenvalue weighted by Crippen LogP contribution is -2.05. The van der Waals surface area contributed by atoms with E-state index in [0.29, 0.717) is 5.92 Å². The van der Waals surface area contributed by atoms with Gasteiger partial charge in [0.2, 0.25) is 0 Å². The summed E-state index contributed by atoms with van der Waals surface area (Å²) in [5.74, 6) is -2.05. The molecular formula is C29H36F2. The van der Waals surface area contributed by atoms with Crippen LogP contribution < -0.4 is 0 Å². The van der Waals surface area contributed by atoms with E-state index in [2.05, 4.69) is 58.4 Å². The summed E-state index contributed by atoms with van der Waals surface area (Å²) < 4.78 is 25.2. The summed E-state index contributed by atoms with van der Waals surface area (Å²) in [6.07, 6.45) is 4.77. The minimum Gasteiger partial charge on any atom is -0.202 e. The van der Waals surface area contributed by atoms with Crippen molar-refractivity contribution >= 4 is 17.2 Å². The van der Waals surface area contributed by atoms with Crippen molar-refractivity contribution in [2.75, 3.05) is 0 Å². The molecular weight excluding hydrogens is 386 g/mol. The van der Waals surface area contributed by atoms with Crippen LogP contribution in [0.2, 0.25) is 0 Å². The number of alkyl halides is 2. The van der Waals surface area contributed by atoms with Crippen LogP contribution in [0, 0.1) is 13.8 Å². The summed E-state index contributed by atoms with van der Waals surface area (Å²) in [5.41, 5.74) is 9.43. The zero-order valence-electron chi connectivity index (χ0n) is 19.7. The lowest BCUT2D eigenvalue weighted by atomic mass is 9.81. The minimum absolute atomic E-state index is 0.709. The van der Waals surface area contributed by atoms with Crippen LogP contribution >= 0.6 is 0 Å². The Kier molecular flexibility index (Phi) is 9.84. The van der Waals surface area contributed by atoms with Crippen molar-refractivity contribution in [2.45, 2.75) is 59.3 Å². The molecule has 166 valence electrons. The molecule has 2 aromatic rings. The summed E-state index contributed by atoms with van der Waals surface area (Å²) >= 11 is 0. The van der Waals surface area contributed by atoms with E-state index in [-0.39, 0.29) is 0 Å². The average Bonchev–Trinajstić information content (AvgIpc) is 2.70. The highest BCUT2D eigenvalue weighted by Crippen LogP contribution is 2.37. The van der Waals surface area contributed by atoms with Crippen molar-refractivity contribution in [2.24, 2.45) is 0 Å². The predicted molar refractivity (Wildman–Crippen MR) is 135 cm³/mol. The molecule has 0 amide bonds. The lowest BCUT2D eigenvalue weighted by Gasteiger charge is -2.24. The van der Waals surface area contributed by atoms with Crippen LogP contribution in [0.3, 0.4) is 0 Å². The molecule has 1 unspecified atom stereocenters. The summed E-state index contributed by atoms with van der Waals surface area (Å²) in [4.78, 5) is 0. The molecule has 31 heavy (non-hydrogen) atoms. The fraction of sp³-hybridized carbons (Fsp3) is 0.310. The van der Waals surface area contributed by atoms with Crippen molar-refractivity contribution in [3.05, 3.63) is 102 Å². The van der Waals surface area contributed by atoms with Gasteiger partial charge in [0.1, 0.15) is 0 Å². The highest BCUT2D eigenvalue weighted by atomic mass is 19.3. The fourth-order valence-corrected chi connectivity index (χ4v) is 3.60. The van der Waals surface area contributed by atoms with E-state index in [9.17, 15) is 8.78 Å². The summed E-state index contributed by atoms with van der Waals surface area (Å²) in [6.45, 7) is 23.2. The molecule has 3 rings (SSSR count). The van der Waals surface area contributed by atoms with E-state index >= 15 is 0 Å². The van der Waals surface area contributed by atoms with Crippen molar-refractivity contribution in [1.29, 1.82) is 0 Å². The third kappa shape index (κ3) is 8.13. The van der Waals surface area contributed by atoms with Gasteiger partial charge in [0, 0.05) is 6.92 Å². The molecule has 2 aromatic carbocycles. The molecule has 0 saturated heterocycles. The average molecular weight is 423 g/mol. The first-order valence-electron chi connectivity index (χ1n) is 10.6. The van der Waals surface area contributed by atoms with Crippen LogP contribution in [-0.2, 0) is 0 Å². The fourth-order valence-electron chi connectivity index (χ4n) is 3.60. The van der Waals surface area contributed by atoms with Gasteiger partial charge in [-0.05, 0) is 79.0 Å². The van der Waals surface area contributed by atoms with Crippen molar-refractivity contribution in [3.63, 3.8) is 0 Å². The Morgan fingerprint density at radius 2 is 1.74 bits per heavy atom. The monoisotopic (exact) mass is 422 g/mol. The Morgan fingerprint density at radius 1 is 1.10 bits per heavy atom. The third-order valence-electron chi connectivity index (χ3n) is 5.28. The van der Waals surface area contributed by atoms with E-state index < -0.39 is 5.92 Å². The first-order valence-corrected chi connectivity index (χ1v) is 10.6. The second-order valence-corrected chi connectivity index (χ2v) is 8.28. The second-order valence-electron chi connectivity index (χ2n) is 8.28. The molecule has 0 spiro atoms. The summed E-state index contributed by atoms with van der Waals surface area (Å²) in [5, 5.41) is 0. The number of allylic oxidation sites excluding steroid dienone is 3. The zero-order valence-corrected chi connectivity index (χ0v) is 19.7. The minimum atomic E-state index is -2.76. The van der Waals surface area contributed by atoms with E-state index in [1.54, 1.807) is 0 Å². The molecule has 0 fully saturated rings. The van der Waals surface area contributed by atoms with Crippen LogP contribution in [-0.4, -0.2) is 5.92 Å². The van der Waals surface area contributed by atoms with Gasteiger partial charge in [-0.2, -0.15) is 0 Å². The highest BCUT2D eigenvalue weighted by Gasteiger charge is 2.18. The largest absolute Gasteiger partial charge is 0.264 e. The maximum atomic E-state index is 12.6. The lowest BCUT2D eigenvalue weighted by molar-refractivity contribution is 0.0784. The van der Waals surface area contributed by atoms with Crippen LogP contribution in [0.25, 0.3) is 17.2 Å². The maximum absolute atomic E-state index is 12.6. The molecule has 1 aliphatic carbocycles. The Labute approximate surface area is 187 Å². The van der Waals surface area contributed by atoms with Gasteiger partial charge in [0.25, 0.3) is 5.92 Å². The Bertz CT molecular complexity index is 942. The molecule has 0 aliphatic heterocycles. The third-order valence-corrected chi connectivity index (χ3v) is 5.28. The van der Waals surface area contributed by atoms with E-state index in [1.165, 1.54) is 34.8 Å². The van der Waals surface area contributed by atoms with Gasteiger partial charge >= 0.3 is 0 Å². The number of benzene rings is 2. The van der Waals surface area contributed by atoms with Crippen LogP contribution in [0.1, 0.15) is 72.9 Å². The number of rotatable bonds is 3. The van der Waals surface area contributed by atoms with Gasteiger partial charge in [-0.1, -0.05) is 73.7 Å². The van der Waals surface area contributed by atoms with E-state index in [0.717, 1.165) is 41.7 Å². The van der Waals surface area contributed by atoms with Crippen molar-refractivity contribution in [1.82, 2.24) is 0 Å². The van der Waals surface area contributed by atoms with E-state index in [4.69, 9.17) is 0 Å². The molecule has 1 atom stereocenters. The summed E-state index contributed by atoms with van der Waals surface area (Å²) in [6, 6.07) is 12.3. The van der Waals surface area contributed by atoms with Crippen molar-refractivity contribution in [3.8, 4) is 0 Å². The van der Waals surface area contributed by atoms with Crippen LogP contribution in [0.5, 0.6) is 0 Å². The second kappa shape index (κ2) is 11.6. The van der Waals surface area contributed by atoms with E-state index in [1.807, 2.05) is 32.0 Å². The molecule has 0 bridgehead atoms. The number of hydrogen-bond donors (Lipinski definition) is 0. The Hall–Kier alpha value is -2.74. The van der Waals surface area contributed by atoms with Gasteiger partial charge in [-0.3, -0.25) is 0 Å². The smallest absolute Gasteiger partial charge is 0.202 e. The molecule has 1 aliphatic rings. The summed E-state index contributed by atoms with van der Waals surface area (Å²) in [7, 11) is 0. The normalized spacial score (nSPS) is 15.3. The topological polar surface area (TPSA) is 0 Å². The zero-order chi connectivity index (χ0) is 23.8. The van der Waals surface area contributed by atoms with Gasteiger partial charge in [-0.15, -0.1) is 13.2 Å². The SMILES string of the molecule is C=C.C=C(C)c1ccc(/C=C/C(C)(F)F)cc1C.C=C1CCC(C)c2ccc(C)cc21. The molecule has 0 radical (unpaired) electrons. The molecule has 2 heteroatoms. The van der Waals surface area contributed by atoms with Crippen LogP contribution in [0.15, 0.2) is 68.8 Å². The molecule has 0 N–H and O–H groups in total. The van der Waals surface area contributed by atoms with Gasteiger partial charge in [0.15, 0.2) is 0 Å². The number of aryl methyl sites for hydroxylation is 2. The quantitative estimate of drug-likeness (QED) is 0.432. The highest BCUT2D eigenvalue weighted by molar-refractivity contribution is 5.69. The Balaban J connectivity index is 0.000000291. The predicted octanol–water partition coefficient (Wildman–Crippen LogP) is 9.40. The number of hydrogen-bond acceptors (Lipinski definition) is 0. The van der Waals surface area contributed by atoms with Gasteiger partial charge < -0.3 is 0 Å².